The summed E-state index contributed by atoms with van der Waals surface area (Å²) in [4.78, 5) is 0. The van der Waals surface area contributed by atoms with Crippen LogP contribution in [-0.4, -0.2) is 11.2 Å². The average molecular weight is 192 g/mol. The summed E-state index contributed by atoms with van der Waals surface area (Å²) in [7, 11) is 0. The van der Waals surface area contributed by atoms with Gasteiger partial charge in [-0.1, -0.05) is 19.9 Å². The van der Waals surface area contributed by atoms with E-state index in [2.05, 4.69) is 20.8 Å². The molecule has 0 fully saturated rings. The summed E-state index contributed by atoms with van der Waals surface area (Å²) in [5.41, 5.74) is 1.33. The Labute approximate surface area is 84.5 Å². The summed E-state index contributed by atoms with van der Waals surface area (Å²) >= 11 is 0. The highest BCUT2D eigenvalue weighted by molar-refractivity contribution is 5.45. The van der Waals surface area contributed by atoms with Crippen molar-refractivity contribution < 1.29 is 9.84 Å². The van der Waals surface area contributed by atoms with Crippen LogP contribution in [0.2, 0.25) is 0 Å². The third-order valence-corrected chi connectivity index (χ3v) is 2.82. The number of hydrogen-bond acceptors (Lipinski definition) is 2. The van der Waals surface area contributed by atoms with Crippen LogP contribution in [0.5, 0.6) is 11.5 Å². The zero-order chi connectivity index (χ0) is 10.3. The van der Waals surface area contributed by atoms with Gasteiger partial charge in [0.2, 0.25) is 0 Å². The Bertz CT molecular complexity index is 355. The van der Waals surface area contributed by atoms with Crippen LogP contribution < -0.4 is 4.74 Å². The Hall–Kier alpha value is -1.18. The van der Waals surface area contributed by atoms with Crippen molar-refractivity contribution in [2.75, 3.05) is 0 Å². The van der Waals surface area contributed by atoms with Gasteiger partial charge in [0.05, 0.1) is 6.10 Å². The maximum absolute atomic E-state index is 9.36. The van der Waals surface area contributed by atoms with Gasteiger partial charge in [0, 0.05) is 11.6 Å². The average Bonchev–Trinajstić information content (AvgIpc) is 2.00. The van der Waals surface area contributed by atoms with Gasteiger partial charge in [0.25, 0.3) is 0 Å². The van der Waals surface area contributed by atoms with Gasteiger partial charge in [-0.2, -0.15) is 0 Å². The highest BCUT2D eigenvalue weighted by Gasteiger charge is 2.32. The zero-order valence-corrected chi connectivity index (χ0v) is 8.87. The van der Waals surface area contributed by atoms with Gasteiger partial charge in [-0.05, 0) is 24.8 Å². The van der Waals surface area contributed by atoms with Crippen molar-refractivity contribution in [3.05, 3.63) is 23.8 Å². The van der Waals surface area contributed by atoms with E-state index in [1.807, 2.05) is 6.07 Å². The number of aromatic hydroxyl groups is 1. The molecule has 1 aliphatic heterocycles. The van der Waals surface area contributed by atoms with Crippen LogP contribution in [0.3, 0.4) is 0 Å². The molecule has 0 aliphatic carbocycles. The Morgan fingerprint density at radius 1 is 1.43 bits per heavy atom. The summed E-state index contributed by atoms with van der Waals surface area (Å²) in [5, 5.41) is 9.36. The summed E-state index contributed by atoms with van der Waals surface area (Å²) < 4.78 is 5.69. The number of hydrogen-bond donors (Lipinski definition) is 1. The third kappa shape index (κ3) is 1.45. The quantitative estimate of drug-likeness (QED) is 0.685. The molecule has 2 heteroatoms. The van der Waals surface area contributed by atoms with Crippen molar-refractivity contribution in [3.8, 4) is 11.5 Å². The van der Waals surface area contributed by atoms with Crippen molar-refractivity contribution in [3.63, 3.8) is 0 Å². The smallest absolute Gasteiger partial charge is 0.127 e. The molecule has 2 rings (SSSR count). The van der Waals surface area contributed by atoms with E-state index in [0.29, 0.717) is 0 Å². The molecule has 1 unspecified atom stereocenters. The van der Waals surface area contributed by atoms with E-state index in [0.717, 1.165) is 12.2 Å². The lowest BCUT2D eigenvalue weighted by atomic mass is 9.78. The highest BCUT2D eigenvalue weighted by Crippen LogP contribution is 2.41. The van der Waals surface area contributed by atoms with E-state index >= 15 is 0 Å². The first kappa shape index (κ1) is 9.38. The summed E-state index contributed by atoms with van der Waals surface area (Å²) in [6.45, 7) is 6.48. The van der Waals surface area contributed by atoms with E-state index < -0.39 is 0 Å². The molecule has 0 bridgehead atoms. The summed E-state index contributed by atoms with van der Waals surface area (Å²) in [6.07, 6.45) is 1.24. The molecular weight excluding hydrogens is 176 g/mol. The largest absolute Gasteiger partial charge is 0.508 e. The first-order valence-corrected chi connectivity index (χ1v) is 4.99. The van der Waals surface area contributed by atoms with Crippen LogP contribution in [0.25, 0.3) is 0 Å². The van der Waals surface area contributed by atoms with Gasteiger partial charge in [-0.25, -0.2) is 0 Å². The van der Waals surface area contributed by atoms with E-state index in [1.165, 1.54) is 5.56 Å². The predicted octanol–water partition coefficient (Wildman–Crippen LogP) is 2.84. The molecular formula is C12H16O2. The predicted molar refractivity (Wildman–Crippen MR) is 55.8 cm³/mol. The number of ether oxygens (including phenoxy) is 1. The molecule has 0 spiro atoms. The number of fused-ring (bicyclic) bond motifs is 1. The van der Waals surface area contributed by atoms with Gasteiger partial charge in [0.1, 0.15) is 11.5 Å². The molecule has 0 aromatic heterocycles. The van der Waals surface area contributed by atoms with E-state index in [-0.39, 0.29) is 17.3 Å². The van der Waals surface area contributed by atoms with Crippen LogP contribution >= 0.6 is 0 Å². The second kappa shape index (κ2) is 2.91. The fourth-order valence-electron chi connectivity index (χ4n) is 2.25. The first-order chi connectivity index (χ1) is 6.49. The standard InChI is InChI=1S/C12H16O2/c1-8-7-12(2,3)10-5-4-9(13)6-11(10)14-8/h4-6,8,13H,7H2,1-3H3. The molecule has 1 heterocycles. The second-order valence-electron chi connectivity index (χ2n) is 4.70. The Morgan fingerprint density at radius 3 is 2.86 bits per heavy atom. The summed E-state index contributed by atoms with van der Waals surface area (Å²) in [6, 6.07) is 5.38. The van der Waals surface area contributed by atoms with Crippen molar-refractivity contribution in [1.29, 1.82) is 0 Å². The van der Waals surface area contributed by atoms with E-state index in [9.17, 15) is 5.11 Å². The first-order valence-electron chi connectivity index (χ1n) is 4.99. The molecule has 0 saturated heterocycles. The number of phenolic OH excluding ortho intramolecular Hbond substituents is 1. The topological polar surface area (TPSA) is 29.5 Å². The Morgan fingerprint density at radius 2 is 2.14 bits per heavy atom. The zero-order valence-electron chi connectivity index (χ0n) is 8.87. The number of benzene rings is 1. The molecule has 1 aromatic carbocycles. The van der Waals surface area contributed by atoms with Crippen LogP contribution in [0, 0.1) is 0 Å². The molecule has 1 N–H and O–H groups in total. The molecule has 76 valence electrons. The van der Waals surface area contributed by atoms with Crippen molar-refractivity contribution >= 4 is 0 Å². The summed E-state index contributed by atoms with van der Waals surface area (Å²) in [5.74, 6) is 1.10. The molecule has 14 heavy (non-hydrogen) atoms. The maximum atomic E-state index is 9.36. The van der Waals surface area contributed by atoms with Gasteiger partial charge < -0.3 is 9.84 Å². The van der Waals surface area contributed by atoms with Gasteiger partial charge in [0.15, 0.2) is 0 Å². The molecule has 0 radical (unpaired) electrons. The Balaban J connectivity index is 2.52. The SMILES string of the molecule is CC1CC(C)(C)c2ccc(O)cc2O1. The van der Waals surface area contributed by atoms with Crippen LogP contribution in [0.4, 0.5) is 0 Å². The molecule has 1 atom stereocenters. The monoisotopic (exact) mass is 192 g/mol. The van der Waals surface area contributed by atoms with Gasteiger partial charge in [-0.15, -0.1) is 0 Å². The van der Waals surface area contributed by atoms with Crippen molar-refractivity contribution in [2.45, 2.75) is 38.7 Å². The molecule has 0 amide bonds. The van der Waals surface area contributed by atoms with E-state index in [1.54, 1.807) is 12.1 Å². The highest BCUT2D eigenvalue weighted by atomic mass is 16.5. The second-order valence-corrected chi connectivity index (χ2v) is 4.70. The van der Waals surface area contributed by atoms with Crippen LogP contribution in [0.15, 0.2) is 18.2 Å². The van der Waals surface area contributed by atoms with Crippen LogP contribution in [-0.2, 0) is 5.41 Å². The molecule has 2 nitrogen and oxygen atoms in total. The normalized spacial score (nSPS) is 23.8. The van der Waals surface area contributed by atoms with E-state index in [4.69, 9.17) is 4.74 Å². The fraction of sp³-hybridized carbons (Fsp3) is 0.500. The third-order valence-electron chi connectivity index (χ3n) is 2.82. The number of rotatable bonds is 0. The lowest BCUT2D eigenvalue weighted by molar-refractivity contribution is 0.150. The molecule has 0 saturated carbocycles. The van der Waals surface area contributed by atoms with Crippen LogP contribution in [0.1, 0.15) is 32.8 Å². The number of phenols is 1. The maximum Gasteiger partial charge on any atom is 0.127 e. The lowest BCUT2D eigenvalue weighted by Gasteiger charge is -2.36. The molecule has 1 aromatic rings. The van der Waals surface area contributed by atoms with Crippen molar-refractivity contribution in [2.24, 2.45) is 0 Å². The molecule has 1 aliphatic rings. The minimum Gasteiger partial charge on any atom is -0.508 e. The Kier molecular flexibility index (Phi) is 1.95. The van der Waals surface area contributed by atoms with Crippen molar-refractivity contribution in [1.82, 2.24) is 0 Å². The lowest BCUT2D eigenvalue weighted by Crippen LogP contribution is -2.32. The fourth-order valence-corrected chi connectivity index (χ4v) is 2.25. The minimum atomic E-state index is 0.140. The van der Waals surface area contributed by atoms with Gasteiger partial charge in [-0.3, -0.25) is 0 Å². The minimum absolute atomic E-state index is 0.140. The van der Waals surface area contributed by atoms with Gasteiger partial charge >= 0.3 is 0 Å².